The Kier molecular flexibility index (Phi) is 3.38. The zero-order valence-electron chi connectivity index (χ0n) is 7.89. The number of hydrogen-bond acceptors (Lipinski definition) is 1. The van der Waals surface area contributed by atoms with Gasteiger partial charge in [-0.2, -0.15) is 0 Å². The highest BCUT2D eigenvalue weighted by molar-refractivity contribution is 5.74. The Balaban J connectivity index is 2.25. The van der Waals surface area contributed by atoms with Crippen LogP contribution in [0, 0.1) is 5.92 Å². The molecule has 2 atom stereocenters. The average Bonchev–Trinajstić information content (AvgIpc) is 2.37. The Morgan fingerprint density at radius 1 is 1.50 bits per heavy atom. The Morgan fingerprint density at radius 3 is 2.75 bits per heavy atom. The van der Waals surface area contributed by atoms with E-state index in [9.17, 15) is 4.79 Å². The summed E-state index contributed by atoms with van der Waals surface area (Å²) in [6.45, 7) is 4.83. The minimum absolute atomic E-state index is 0.0174. The number of urea groups is 1. The van der Waals surface area contributed by atoms with E-state index >= 15 is 0 Å². The summed E-state index contributed by atoms with van der Waals surface area (Å²) in [4.78, 5) is 11.1. The second-order valence-corrected chi connectivity index (χ2v) is 3.52. The summed E-state index contributed by atoms with van der Waals surface area (Å²) >= 11 is 0. The van der Waals surface area contributed by atoms with Crippen LogP contribution >= 0.6 is 0 Å². The molecule has 1 aliphatic carbocycles. The lowest BCUT2D eigenvalue weighted by molar-refractivity contribution is 0.235. The van der Waals surface area contributed by atoms with Crippen LogP contribution in [0.25, 0.3) is 0 Å². The molecule has 1 saturated carbocycles. The molecule has 70 valence electrons. The predicted molar refractivity (Wildman–Crippen MR) is 49.0 cm³/mol. The van der Waals surface area contributed by atoms with Crippen LogP contribution in [0.15, 0.2) is 0 Å². The van der Waals surface area contributed by atoms with E-state index in [1.807, 2.05) is 6.92 Å². The van der Waals surface area contributed by atoms with Crippen LogP contribution in [0.5, 0.6) is 0 Å². The van der Waals surface area contributed by atoms with Crippen molar-refractivity contribution in [1.29, 1.82) is 0 Å². The minimum Gasteiger partial charge on any atom is -0.338 e. The molecule has 0 bridgehead atoms. The lowest BCUT2D eigenvalue weighted by Gasteiger charge is -2.17. The third kappa shape index (κ3) is 2.40. The van der Waals surface area contributed by atoms with E-state index in [2.05, 4.69) is 17.6 Å². The average molecular weight is 170 g/mol. The topological polar surface area (TPSA) is 41.1 Å². The van der Waals surface area contributed by atoms with Crippen LogP contribution < -0.4 is 10.6 Å². The lowest BCUT2D eigenvalue weighted by Crippen LogP contribution is -2.43. The van der Waals surface area contributed by atoms with E-state index in [-0.39, 0.29) is 6.03 Å². The molecule has 3 heteroatoms. The number of rotatable bonds is 2. The molecule has 1 rings (SSSR count). The lowest BCUT2D eigenvalue weighted by atomic mass is 10.1. The molecule has 0 saturated heterocycles. The van der Waals surface area contributed by atoms with Gasteiger partial charge in [-0.1, -0.05) is 13.3 Å². The predicted octanol–water partition coefficient (Wildman–Crippen LogP) is 1.49. The third-order valence-electron chi connectivity index (χ3n) is 2.52. The van der Waals surface area contributed by atoms with Gasteiger partial charge in [0.2, 0.25) is 0 Å². The van der Waals surface area contributed by atoms with Crippen LogP contribution in [-0.2, 0) is 0 Å². The zero-order chi connectivity index (χ0) is 8.97. The molecule has 2 amide bonds. The number of carbonyl (C=O) groups is 1. The highest BCUT2D eigenvalue weighted by Crippen LogP contribution is 2.24. The van der Waals surface area contributed by atoms with Gasteiger partial charge in [-0.15, -0.1) is 0 Å². The monoisotopic (exact) mass is 170 g/mol. The Labute approximate surface area is 73.9 Å². The molecule has 0 aromatic rings. The summed E-state index contributed by atoms with van der Waals surface area (Å²) < 4.78 is 0. The van der Waals surface area contributed by atoms with Crippen LogP contribution in [-0.4, -0.2) is 18.6 Å². The number of amides is 2. The van der Waals surface area contributed by atoms with Crippen molar-refractivity contribution in [3.8, 4) is 0 Å². The Morgan fingerprint density at radius 2 is 2.25 bits per heavy atom. The first kappa shape index (κ1) is 9.36. The van der Waals surface area contributed by atoms with Gasteiger partial charge in [0, 0.05) is 12.6 Å². The summed E-state index contributed by atoms with van der Waals surface area (Å²) in [5.41, 5.74) is 0. The van der Waals surface area contributed by atoms with Crippen molar-refractivity contribution in [3.05, 3.63) is 0 Å². The van der Waals surface area contributed by atoms with E-state index in [4.69, 9.17) is 0 Å². The molecule has 0 aromatic carbocycles. The second kappa shape index (κ2) is 4.33. The number of nitrogens with one attached hydrogen (secondary N) is 2. The first-order chi connectivity index (χ1) is 5.74. The fraction of sp³-hybridized carbons (Fsp3) is 0.889. The molecule has 3 nitrogen and oxygen atoms in total. The van der Waals surface area contributed by atoms with Crippen molar-refractivity contribution in [2.24, 2.45) is 5.92 Å². The maximum absolute atomic E-state index is 11.1. The molecular weight excluding hydrogens is 152 g/mol. The summed E-state index contributed by atoms with van der Waals surface area (Å²) in [6, 6.07) is 0.382. The highest BCUT2D eigenvalue weighted by atomic mass is 16.2. The largest absolute Gasteiger partial charge is 0.338 e. The first-order valence-corrected chi connectivity index (χ1v) is 4.78. The summed E-state index contributed by atoms with van der Waals surface area (Å²) in [5, 5.41) is 5.72. The van der Waals surface area contributed by atoms with E-state index in [1.165, 1.54) is 12.8 Å². The molecule has 2 unspecified atom stereocenters. The van der Waals surface area contributed by atoms with Crippen molar-refractivity contribution >= 4 is 6.03 Å². The van der Waals surface area contributed by atoms with Gasteiger partial charge in [0.05, 0.1) is 0 Å². The summed E-state index contributed by atoms with van der Waals surface area (Å²) in [6.07, 6.45) is 3.63. The third-order valence-corrected chi connectivity index (χ3v) is 2.52. The first-order valence-electron chi connectivity index (χ1n) is 4.78. The molecule has 0 aliphatic heterocycles. The SMILES string of the molecule is CCNC(=O)NC1CCCC1C. The van der Waals surface area contributed by atoms with E-state index in [0.29, 0.717) is 18.5 Å². The second-order valence-electron chi connectivity index (χ2n) is 3.52. The maximum atomic E-state index is 11.1. The quantitative estimate of drug-likeness (QED) is 0.647. The summed E-state index contributed by atoms with van der Waals surface area (Å²) in [7, 11) is 0. The smallest absolute Gasteiger partial charge is 0.315 e. The van der Waals surface area contributed by atoms with Crippen molar-refractivity contribution in [2.45, 2.75) is 39.2 Å². The molecule has 0 radical (unpaired) electrons. The van der Waals surface area contributed by atoms with Crippen LogP contribution in [0.1, 0.15) is 33.1 Å². The normalized spacial score (nSPS) is 28.5. The van der Waals surface area contributed by atoms with E-state index in [1.54, 1.807) is 0 Å². The fourth-order valence-electron chi connectivity index (χ4n) is 1.74. The molecule has 0 heterocycles. The van der Waals surface area contributed by atoms with Gasteiger partial charge in [0.15, 0.2) is 0 Å². The van der Waals surface area contributed by atoms with Crippen LogP contribution in [0.2, 0.25) is 0 Å². The van der Waals surface area contributed by atoms with Gasteiger partial charge in [-0.3, -0.25) is 0 Å². The molecule has 0 aromatic heterocycles. The van der Waals surface area contributed by atoms with Gasteiger partial charge >= 0.3 is 6.03 Å². The Hall–Kier alpha value is -0.730. The highest BCUT2D eigenvalue weighted by Gasteiger charge is 2.24. The fourth-order valence-corrected chi connectivity index (χ4v) is 1.74. The molecule has 12 heavy (non-hydrogen) atoms. The van der Waals surface area contributed by atoms with Gasteiger partial charge in [0.1, 0.15) is 0 Å². The van der Waals surface area contributed by atoms with Crippen molar-refractivity contribution in [2.75, 3.05) is 6.54 Å². The Bertz CT molecular complexity index is 159. The van der Waals surface area contributed by atoms with E-state index in [0.717, 1.165) is 6.42 Å². The summed E-state index contributed by atoms with van der Waals surface area (Å²) in [5.74, 6) is 0.646. The van der Waals surface area contributed by atoms with Crippen molar-refractivity contribution in [3.63, 3.8) is 0 Å². The van der Waals surface area contributed by atoms with Crippen molar-refractivity contribution in [1.82, 2.24) is 10.6 Å². The van der Waals surface area contributed by atoms with Crippen LogP contribution in [0.3, 0.4) is 0 Å². The van der Waals surface area contributed by atoms with E-state index < -0.39 is 0 Å². The molecule has 2 N–H and O–H groups in total. The van der Waals surface area contributed by atoms with Gasteiger partial charge in [-0.05, 0) is 25.7 Å². The van der Waals surface area contributed by atoms with Crippen LogP contribution in [0.4, 0.5) is 4.79 Å². The van der Waals surface area contributed by atoms with Crippen molar-refractivity contribution < 1.29 is 4.79 Å². The standard InChI is InChI=1S/C9H18N2O/c1-3-10-9(12)11-8-6-4-5-7(8)2/h7-8H,3-6H2,1-2H3,(H2,10,11,12). The molecule has 1 fully saturated rings. The number of carbonyl (C=O) groups excluding carboxylic acids is 1. The van der Waals surface area contributed by atoms with Gasteiger partial charge in [-0.25, -0.2) is 4.79 Å². The van der Waals surface area contributed by atoms with Gasteiger partial charge in [0.25, 0.3) is 0 Å². The van der Waals surface area contributed by atoms with Gasteiger partial charge < -0.3 is 10.6 Å². The molecular formula is C9H18N2O. The number of hydrogen-bond donors (Lipinski definition) is 2. The molecule has 1 aliphatic rings. The maximum Gasteiger partial charge on any atom is 0.315 e. The zero-order valence-corrected chi connectivity index (χ0v) is 7.89. The molecule has 0 spiro atoms. The minimum atomic E-state index is -0.0174.